The molecule has 0 spiro atoms. The van der Waals surface area contributed by atoms with Crippen LogP contribution in [0.25, 0.3) is 0 Å². The topological polar surface area (TPSA) is 40.1 Å². The molecule has 1 N–H and O–H groups in total. The maximum absolute atomic E-state index is 5.46. The predicted molar refractivity (Wildman–Crippen MR) is 117 cm³/mol. The normalized spacial score (nSPS) is 17.1. The Morgan fingerprint density at radius 3 is 2.80 bits per heavy atom. The molecule has 0 aliphatic carbocycles. The van der Waals surface area contributed by atoms with E-state index in [0.717, 1.165) is 51.8 Å². The number of anilines is 1. The Morgan fingerprint density at radius 2 is 2.20 bits per heavy atom. The summed E-state index contributed by atoms with van der Waals surface area (Å²) in [6, 6.07) is 8.68. The van der Waals surface area contributed by atoms with Gasteiger partial charge in [0.15, 0.2) is 5.96 Å². The second kappa shape index (κ2) is 11.6. The Balaban J connectivity index is 0.00000312. The summed E-state index contributed by atoms with van der Waals surface area (Å²) in [6.07, 6.45) is 1.15. The van der Waals surface area contributed by atoms with E-state index >= 15 is 0 Å². The van der Waals surface area contributed by atoms with Crippen LogP contribution < -0.4 is 10.2 Å². The summed E-state index contributed by atoms with van der Waals surface area (Å²) in [5.41, 5.74) is 2.58. The minimum Gasteiger partial charge on any atom is -0.381 e. The number of rotatable bonds is 7. The first-order valence-corrected chi connectivity index (χ1v) is 8.95. The Kier molecular flexibility index (Phi) is 10.2. The van der Waals surface area contributed by atoms with E-state index in [1.54, 1.807) is 0 Å². The summed E-state index contributed by atoms with van der Waals surface area (Å²) in [6.45, 7) is 9.93. The van der Waals surface area contributed by atoms with Crippen LogP contribution in [0.1, 0.15) is 18.9 Å². The SMILES string of the molecule is CCN(CCNC(=NC)N(C)CC1CCOC1)c1cccc(C)c1.I. The van der Waals surface area contributed by atoms with E-state index in [4.69, 9.17) is 4.74 Å². The van der Waals surface area contributed by atoms with Crippen LogP contribution in [-0.4, -0.2) is 64.3 Å². The zero-order chi connectivity index (χ0) is 17.4. The van der Waals surface area contributed by atoms with Crippen LogP contribution in [0.2, 0.25) is 0 Å². The molecule has 0 radical (unpaired) electrons. The van der Waals surface area contributed by atoms with Crippen molar-refractivity contribution in [3.05, 3.63) is 29.8 Å². The number of aryl methyl sites for hydroxylation is 1. The molecule has 1 aromatic carbocycles. The fraction of sp³-hybridized carbons (Fsp3) is 0.632. The van der Waals surface area contributed by atoms with Crippen molar-refractivity contribution in [2.75, 3.05) is 58.4 Å². The zero-order valence-electron chi connectivity index (χ0n) is 16.0. The van der Waals surface area contributed by atoms with Crippen LogP contribution >= 0.6 is 24.0 Å². The van der Waals surface area contributed by atoms with Crippen molar-refractivity contribution in [2.24, 2.45) is 10.9 Å². The third-order valence-electron chi connectivity index (χ3n) is 4.54. The van der Waals surface area contributed by atoms with Gasteiger partial charge in [-0.15, -0.1) is 24.0 Å². The molecule has 1 aromatic rings. The number of likely N-dealkylation sites (N-methyl/N-ethyl adjacent to an activating group) is 1. The summed E-state index contributed by atoms with van der Waals surface area (Å²) in [4.78, 5) is 9.01. The van der Waals surface area contributed by atoms with Crippen molar-refractivity contribution >= 4 is 35.6 Å². The van der Waals surface area contributed by atoms with Gasteiger partial charge in [0.05, 0.1) is 6.61 Å². The largest absolute Gasteiger partial charge is 0.381 e. The first-order chi connectivity index (χ1) is 11.6. The minimum atomic E-state index is 0. The van der Waals surface area contributed by atoms with Crippen LogP contribution in [0.5, 0.6) is 0 Å². The quantitative estimate of drug-likeness (QED) is 0.386. The van der Waals surface area contributed by atoms with Crippen molar-refractivity contribution in [1.29, 1.82) is 0 Å². The molecule has 1 fully saturated rings. The van der Waals surface area contributed by atoms with E-state index in [-0.39, 0.29) is 24.0 Å². The number of halogens is 1. The molecule has 142 valence electrons. The molecular weight excluding hydrogens is 427 g/mol. The van der Waals surface area contributed by atoms with Crippen molar-refractivity contribution in [1.82, 2.24) is 10.2 Å². The number of benzene rings is 1. The number of nitrogens with zero attached hydrogens (tertiary/aromatic N) is 3. The molecule has 2 rings (SSSR count). The van der Waals surface area contributed by atoms with Gasteiger partial charge in [-0.05, 0) is 38.0 Å². The minimum absolute atomic E-state index is 0. The van der Waals surface area contributed by atoms with E-state index in [1.165, 1.54) is 11.3 Å². The second-order valence-corrected chi connectivity index (χ2v) is 6.50. The number of hydrogen-bond donors (Lipinski definition) is 1. The van der Waals surface area contributed by atoms with Crippen molar-refractivity contribution in [2.45, 2.75) is 20.3 Å². The molecule has 1 saturated heterocycles. The number of guanidine groups is 1. The highest BCUT2D eigenvalue weighted by Gasteiger charge is 2.19. The van der Waals surface area contributed by atoms with Crippen LogP contribution in [0.3, 0.4) is 0 Å². The van der Waals surface area contributed by atoms with Crippen molar-refractivity contribution in [3.8, 4) is 0 Å². The molecule has 0 amide bonds. The lowest BCUT2D eigenvalue weighted by atomic mass is 10.1. The van der Waals surface area contributed by atoms with Gasteiger partial charge in [-0.2, -0.15) is 0 Å². The predicted octanol–water partition coefficient (Wildman–Crippen LogP) is 2.98. The van der Waals surface area contributed by atoms with Gasteiger partial charge >= 0.3 is 0 Å². The van der Waals surface area contributed by atoms with Crippen LogP contribution in [0.15, 0.2) is 29.3 Å². The number of nitrogens with one attached hydrogen (secondary N) is 1. The van der Waals surface area contributed by atoms with E-state index in [1.807, 2.05) is 7.05 Å². The molecular formula is C19H33IN4O. The molecule has 0 aromatic heterocycles. The highest BCUT2D eigenvalue weighted by atomic mass is 127. The number of ether oxygens (including phenoxy) is 1. The van der Waals surface area contributed by atoms with E-state index < -0.39 is 0 Å². The Labute approximate surface area is 169 Å². The fourth-order valence-corrected chi connectivity index (χ4v) is 3.18. The molecule has 1 aliphatic heterocycles. The van der Waals surface area contributed by atoms with Crippen molar-refractivity contribution < 1.29 is 4.74 Å². The summed E-state index contributed by atoms with van der Waals surface area (Å²) >= 11 is 0. The summed E-state index contributed by atoms with van der Waals surface area (Å²) in [7, 11) is 3.95. The Morgan fingerprint density at radius 1 is 1.40 bits per heavy atom. The average molecular weight is 460 g/mol. The maximum Gasteiger partial charge on any atom is 0.193 e. The van der Waals surface area contributed by atoms with Crippen LogP contribution in [-0.2, 0) is 4.74 Å². The van der Waals surface area contributed by atoms with Gasteiger partial charge in [0.1, 0.15) is 0 Å². The molecule has 1 aliphatic rings. The van der Waals surface area contributed by atoms with Gasteiger partial charge in [0.2, 0.25) is 0 Å². The smallest absolute Gasteiger partial charge is 0.193 e. The average Bonchev–Trinajstić information content (AvgIpc) is 3.08. The summed E-state index contributed by atoms with van der Waals surface area (Å²) < 4.78 is 5.46. The number of hydrogen-bond acceptors (Lipinski definition) is 3. The molecule has 1 unspecified atom stereocenters. The molecule has 25 heavy (non-hydrogen) atoms. The third kappa shape index (κ3) is 7.01. The Bertz CT molecular complexity index is 532. The molecule has 0 saturated carbocycles. The first kappa shape index (κ1) is 22.0. The monoisotopic (exact) mass is 460 g/mol. The zero-order valence-corrected chi connectivity index (χ0v) is 18.3. The highest BCUT2D eigenvalue weighted by molar-refractivity contribution is 14.0. The molecule has 6 heteroatoms. The molecule has 1 heterocycles. The maximum atomic E-state index is 5.46. The fourth-order valence-electron chi connectivity index (χ4n) is 3.18. The van der Waals surface area contributed by atoms with Crippen LogP contribution in [0.4, 0.5) is 5.69 Å². The first-order valence-electron chi connectivity index (χ1n) is 8.95. The van der Waals surface area contributed by atoms with E-state index in [9.17, 15) is 0 Å². The lowest BCUT2D eigenvalue weighted by Crippen LogP contribution is -2.44. The van der Waals surface area contributed by atoms with Crippen LogP contribution in [0, 0.1) is 12.8 Å². The lowest BCUT2D eigenvalue weighted by molar-refractivity contribution is 0.181. The number of aliphatic imine (C=N–C) groups is 1. The summed E-state index contributed by atoms with van der Waals surface area (Å²) in [5, 5.41) is 3.49. The van der Waals surface area contributed by atoms with Gasteiger partial charge in [0, 0.05) is 58.5 Å². The van der Waals surface area contributed by atoms with Gasteiger partial charge < -0.3 is 19.9 Å². The van der Waals surface area contributed by atoms with Gasteiger partial charge in [0.25, 0.3) is 0 Å². The van der Waals surface area contributed by atoms with Gasteiger partial charge in [-0.25, -0.2) is 0 Å². The van der Waals surface area contributed by atoms with Crippen molar-refractivity contribution in [3.63, 3.8) is 0 Å². The van der Waals surface area contributed by atoms with E-state index in [0.29, 0.717) is 5.92 Å². The molecule has 5 nitrogen and oxygen atoms in total. The van der Waals surface area contributed by atoms with Gasteiger partial charge in [-0.3, -0.25) is 4.99 Å². The lowest BCUT2D eigenvalue weighted by Gasteiger charge is -2.27. The third-order valence-corrected chi connectivity index (χ3v) is 4.54. The molecule has 0 bridgehead atoms. The molecule has 1 atom stereocenters. The highest BCUT2D eigenvalue weighted by Crippen LogP contribution is 2.15. The standard InChI is InChI=1S/C19H32N4O.HI/c1-5-23(18-8-6-7-16(2)13-18)11-10-21-19(20-3)22(4)14-17-9-12-24-15-17;/h6-8,13,17H,5,9-12,14-15H2,1-4H3,(H,20,21);1H. The van der Waals surface area contributed by atoms with E-state index in [2.05, 4.69) is 65.3 Å². The Hall–Kier alpha value is -1.02. The van der Waals surface area contributed by atoms with Gasteiger partial charge in [-0.1, -0.05) is 12.1 Å². The second-order valence-electron chi connectivity index (χ2n) is 6.50. The summed E-state index contributed by atoms with van der Waals surface area (Å²) in [5.74, 6) is 1.58.